The molecule has 2 aromatic heterocycles. The van der Waals surface area contributed by atoms with Gasteiger partial charge in [0.2, 0.25) is 0 Å². The molecule has 0 fully saturated rings. The number of H-pyrrole nitrogens is 2. The molecule has 0 saturated heterocycles. The maximum absolute atomic E-state index is 14.6. The Morgan fingerprint density at radius 3 is 2.27 bits per heavy atom. The van der Waals surface area contributed by atoms with E-state index in [-0.39, 0.29) is 11.7 Å². The average molecular weight is 702 g/mol. The second kappa shape index (κ2) is 22.4. The van der Waals surface area contributed by atoms with Crippen molar-refractivity contribution in [2.75, 3.05) is 20.6 Å². The molecule has 0 atom stereocenters. The van der Waals surface area contributed by atoms with Crippen molar-refractivity contribution < 1.29 is 4.39 Å². The molecule has 3 aromatic carbocycles. The lowest BCUT2D eigenvalue weighted by molar-refractivity contribution is 0.623. The Morgan fingerprint density at radius 2 is 1.65 bits per heavy atom. The minimum absolute atomic E-state index is 0.117. The van der Waals surface area contributed by atoms with Crippen LogP contribution in [0.2, 0.25) is 0 Å². The van der Waals surface area contributed by atoms with Gasteiger partial charge in [-0.2, -0.15) is 5.10 Å². The van der Waals surface area contributed by atoms with E-state index in [4.69, 9.17) is 4.98 Å². The first-order valence-corrected chi connectivity index (χ1v) is 17.6. The second-order valence-corrected chi connectivity index (χ2v) is 11.5. The van der Waals surface area contributed by atoms with Crippen LogP contribution in [0.25, 0.3) is 28.0 Å². The number of rotatable bonds is 13. The standard InChI is InChI=1S/C38H42FN7.C2H6.2C2H4/c1-7-25(22-42-23-26-12-10-9-11-13-26)16-28(8-2)29-14-15-33-32(20-29)36(46-45-33)38-43-34(24(3)4)37(44-38)35(41-6)30-17-27(21-40-5)18-31(39)19-30;3*1-2/h7-20,24,40,42H,1,21-23H2,2-6H3,(H,43,44)(H,45,46);1-2H3;2*1-2H2/b25-16+,28-8+,41-35?;;;. The Bertz CT molecular complexity index is 1940. The van der Waals surface area contributed by atoms with Crippen LogP contribution in [0.3, 0.4) is 0 Å². The molecule has 0 aliphatic heterocycles. The third-order valence-electron chi connectivity index (χ3n) is 7.90. The molecule has 52 heavy (non-hydrogen) atoms. The number of halogens is 1. The third-order valence-corrected chi connectivity index (χ3v) is 7.90. The van der Waals surface area contributed by atoms with Crippen LogP contribution in [0.15, 0.2) is 128 Å². The molecule has 0 spiro atoms. The van der Waals surface area contributed by atoms with Crippen molar-refractivity contribution in [2.45, 2.75) is 53.6 Å². The quantitative estimate of drug-likeness (QED) is 0.0558. The van der Waals surface area contributed by atoms with Gasteiger partial charge in [-0.1, -0.05) is 88.9 Å². The highest BCUT2D eigenvalue weighted by atomic mass is 19.1. The minimum atomic E-state index is -0.308. The van der Waals surface area contributed by atoms with E-state index in [0.717, 1.165) is 45.4 Å². The first kappa shape index (κ1) is 42.7. The fourth-order valence-corrected chi connectivity index (χ4v) is 5.60. The van der Waals surface area contributed by atoms with Crippen LogP contribution in [-0.2, 0) is 13.1 Å². The summed E-state index contributed by atoms with van der Waals surface area (Å²) in [5, 5.41) is 15.4. The first-order chi connectivity index (χ1) is 25.3. The summed E-state index contributed by atoms with van der Waals surface area (Å²) in [6, 6.07) is 21.6. The molecule has 0 aliphatic carbocycles. The zero-order chi connectivity index (χ0) is 38.6. The van der Waals surface area contributed by atoms with Crippen molar-refractivity contribution in [1.82, 2.24) is 30.8 Å². The number of fused-ring (bicyclic) bond motifs is 1. The van der Waals surface area contributed by atoms with Gasteiger partial charge in [0, 0.05) is 43.3 Å². The average Bonchev–Trinajstić information content (AvgIpc) is 3.81. The summed E-state index contributed by atoms with van der Waals surface area (Å²) in [5.74, 6) is 0.438. The van der Waals surface area contributed by atoms with Gasteiger partial charge >= 0.3 is 0 Å². The van der Waals surface area contributed by atoms with Gasteiger partial charge in [0.1, 0.15) is 17.2 Å². The van der Waals surface area contributed by atoms with Crippen LogP contribution < -0.4 is 10.6 Å². The zero-order valence-corrected chi connectivity index (χ0v) is 32.0. The predicted molar refractivity (Wildman–Crippen MR) is 222 cm³/mol. The van der Waals surface area contributed by atoms with E-state index in [1.807, 2.05) is 64.2 Å². The number of hydrogen-bond donors (Lipinski definition) is 4. The topological polar surface area (TPSA) is 93.8 Å². The lowest BCUT2D eigenvalue weighted by atomic mass is 9.99. The van der Waals surface area contributed by atoms with Crippen LogP contribution in [0.4, 0.5) is 4.39 Å². The number of nitrogens with one attached hydrogen (secondary N) is 4. The minimum Gasteiger partial charge on any atom is -0.340 e. The molecular formula is C44H56FN7. The van der Waals surface area contributed by atoms with E-state index in [9.17, 15) is 4.39 Å². The van der Waals surface area contributed by atoms with Crippen LogP contribution in [0.1, 0.15) is 74.2 Å². The molecule has 0 amide bonds. The summed E-state index contributed by atoms with van der Waals surface area (Å²) in [6.07, 6.45) is 6.17. The van der Waals surface area contributed by atoms with Gasteiger partial charge in [0.25, 0.3) is 0 Å². The van der Waals surface area contributed by atoms with E-state index >= 15 is 0 Å². The third kappa shape index (κ3) is 11.0. The highest BCUT2D eigenvalue weighted by Gasteiger charge is 2.23. The van der Waals surface area contributed by atoms with Crippen LogP contribution >= 0.6 is 0 Å². The number of benzene rings is 3. The van der Waals surface area contributed by atoms with E-state index in [2.05, 4.69) is 114 Å². The highest BCUT2D eigenvalue weighted by molar-refractivity contribution is 6.13. The van der Waals surface area contributed by atoms with E-state index in [0.29, 0.717) is 41.6 Å². The number of nitrogens with zero attached hydrogens (tertiary/aromatic N) is 3. The van der Waals surface area contributed by atoms with Crippen molar-refractivity contribution in [2.24, 2.45) is 4.99 Å². The van der Waals surface area contributed by atoms with Crippen LogP contribution in [-0.4, -0.2) is 46.5 Å². The molecule has 0 radical (unpaired) electrons. The number of imidazole rings is 1. The smallest absolute Gasteiger partial charge is 0.159 e. The summed E-state index contributed by atoms with van der Waals surface area (Å²) in [4.78, 5) is 13.1. The number of aromatic nitrogens is 4. The fraction of sp³-hybridized carbons (Fsp3) is 0.250. The molecule has 4 N–H and O–H groups in total. The van der Waals surface area contributed by atoms with Gasteiger partial charge in [-0.3, -0.25) is 10.1 Å². The largest absolute Gasteiger partial charge is 0.340 e. The first-order valence-electron chi connectivity index (χ1n) is 17.6. The number of hydrogen-bond acceptors (Lipinski definition) is 5. The summed E-state index contributed by atoms with van der Waals surface area (Å²) in [6.45, 7) is 28.3. The van der Waals surface area contributed by atoms with E-state index < -0.39 is 0 Å². The lowest BCUT2D eigenvalue weighted by Gasteiger charge is -2.10. The SMILES string of the molecule is C=C.C=C.C=C/C(=C\C(=C/C)c1ccc2[nH]nc(-c3nc(C(=NC)c4cc(F)cc(CNC)c4)c(C(C)C)[nH]3)c2c1)CNCc1ccccc1.CC. The van der Waals surface area contributed by atoms with Gasteiger partial charge in [0.05, 0.1) is 11.2 Å². The van der Waals surface area contributed by atoms with Gasteiger partial charge in [-0.05, 0) is 78.1 Å². The molecule has 5 aromatic rings. The summed E-state index contributed by atoms with van der Waals surface area (Å²) in [7, 11) is 3.56. The number of aliphatic imine (C=N–C) groups is 1. The Kier molecular flexibility index (Phi) is 18.4. The maximum atomic E-state index is 14.6. The van der Waals surface area contributed by atoms with Gasteiger partial charge in [-0.25, -0.2) is 9.37 Å². The molecule has 5 rings (SSSR count). The summed E-state index contributed by atoms with van der Waals surface area (Å²) < 4.78 is 14.6. The summed E-state index contributed by atoms with van der Waals surface area (Å²) in [5.41, 5.74) is 9.84. The highest BCUT2D eigenvalue weighted by Crippen LogP contribution is 2.31. The number of aromatic amines is 2. The van der Waals surface area contributed by atoms with Crippen molar-refractivity contribution >= 4 is 22.2 Å². The molecule has 8 heteroatoms. The van der Waals surface area contributed by atoms with Crippen molar-refractivity contribution in [3.8, 4) is 11.5 Å². The van der Waals surface area contributed by atoms with Crippen molar-refractivity contribution in [1.29, 1.82) is 0 Å². The van der Waals surface area contributed by atoms with Crippen LogP contribution in [0, 0.1) is 5.82 Å². The Morgan fingerprint density at radius 1 is 0.942 bits per heavy atom. The van der Waals surface area contributed by atoms with Gasteiger partial charge in [-0.15, -0.1) is 26.3 Å². The van der Waals surface area contributed by atoms with Crippen molar-refractivity contribution in [3.05, 3.63) is 163 Å². The monoisotopic (exact) mass is 701 g/mol. The lowest BCUT2D eigenvalue weighted by Crippen LogP contribution is -2.15. The fourth-order valence-electron chi connectivity index (χ4n) is 5.60. The van der Waals surface area contributed by atoms with Crippen LogP contribution in [0.5, 0.6) is 0 Å². The zero-order valence-electron chi connectivity index (χ0n) is 32.0. The molecule has 0 aliphatic rings. The Balaban J connectivity index is 0.00000148. The van der Waals surface area contributed by atoms with E-state index in [1.165, 1.54) is 17.7 Å². The Hall–Kier alpha value is -5.44. The number of allylic oxidation sites excluding steroid dienone is 3. The Labute approximate surface area is 310 Å². The van der Waals surface area contributed by atoms with E-state index in [1.54, 1.807) is 7.05 Å². The predicted octanol–water partition coefficient (Wildman–Crippen LogP) is 10.3. The molecule has 0 bridgehead atoms. The molecular weight excluding hydrogens is 646 g/mol. The summed E-state index contributed by atoms with van der Waals surface area (Å²) >= 11 is 0. The molecule has 7 nitrogen and oxygen atoms in total. The molecule has 0 saturated carbocycles. The maximum Gasteiger partial charge on any atom is 0.159 e. The molecule has 2 heterocycles. The molecule has 274 valence electrons. The van der Waals surface area contributed by atoms with Gasteiger partial charge in [0.15, 0.2) is 5.82 Å². The second-order valence-electron chi connectivity index (χ2n) is 11.5. The van der Waals surface area contributed by atoms with Crippen molar-refractivity contribution in [3.63, 3.8) is 0 Å². The molecule has 0 unspecified atom stereocenters. The normalized spacial score (nSPS) is 11.6. The van der Waals surface area contributed by atoms with Gasteiger partial charge < -0.3 is 15.6 Å².